The summed E-state index contributed by atoms with van der Waals surface area (Å²) in [6, 6.07) is 15.1. The first-order chi connectivity index (χ1) is 12.5. The molecule has 128 valence electrons. The van der Waals surface area contributed by atoms with E-state index in [9.17, 15) is 14.9 Å². The highest BCUT2D eigenvalue weighted by atomic mass is 35.5. The number of allylic oxidation sites excluding steroid dienone is 1. The van der Waals surface area contributed by atoms with Crippen molar-refractivity contribution in [1.82, 2.24) is 0 Å². The summed E-state index contributed by atoms with van der Waals surface area (Å²) in [5.74, 6) is 0.902. The number of non-ortho nitro benzene ring substituents is 1. The van der Waals surface area contributed by atoms with Gasteiger partial charge in [0.2, 0.25) is 0 Å². The van der Waals surface area contributed by atoms with Gasteiger partial charge in [0, 0.05) is 35.3 Å². The molecule has 0 N–H and O–H groups in total. The van der Waals surface area contributed by atoms with Gasteiger partial charge in [0.25, 0.3) is 5.69 Å². The van der Waals surface area contributed by atoms with Gasteiger partial charge in [0.05, 0.1) is 9.95 Å². The van der Waals surface area contributed by atoms with Crippen LogP contribution in [0.25, 0.3) is 17.4 Å². The van der Waals surface area contributed by atoms with Crippen molar-refractivity contribution >= 4 is 29.1 Å². The lowest BCUT2D eigenvalue weighted by Gasteiger charge is -2.00. The molecule has 6 heteroatoms. The molecule has 0 amide bonds. The number of nitro groups is 1. The average molecular weight is 366 g/mol. The molecule has 26 heavy (non-hydrogen) atoms. The molecule has 5 nitrogen and oxygen atoms in total. The van der Waals surface area contributed by atoms with Gasteiger partial charge in [-0.15, -0.1) is 0 Å². The molecule has 2 aromatic carbocycles. The van der Waals surface area contributed by atoms with Crippen LogP contribution in [0, 0.1) is 10.1 Å². The summed E-state index contributed by atoms with van der Waals surface area (Å²) in [7, 11) is 0. The first kappa shape index (κ1) is 16.3. The van der Waals surface area contributed by atoms with E-state index < -0.39 is 4.92 Å². The second kappa shape index (κ2) is 6.28. The minimum absolute atomic E-state index is 0.00747. The van der Waals surface area contributed by atoms with E-state index in [0.29, 0.717) is 39.7 Å². The van der Waals surface area contributed by atoms with E-state index in [0.717, 1.165) is 5.56 Å². The monoisotopic (exact) mass is 365 g/mol. The molecule has 0 spiro atoms. The first-order valence-electron chi connectivity index (χ1n) is 7.90. The molecule has 0 atom stereocenters. The number of nitro benzene ring substituents is 1. The van der Waals surface area contributed by atoms with Gasteiger partial charge in [0.1, 0.15) is 11.5 Å². The van der Waals surface area contributed by atoms with Crippen LogP contribution in [0.15, 0.2) is 64.6 Å². The highest BCUT2D eigenvalue weighted by Crippen LogP contribution is 2.34. The van der Waals surface area contributed by atoms with Crippen LogP contribution in [0.1, 0.15) is 21.7 Å². The Morgan fingerprint density at radius 1 is 1.08 bits per heavy atom. The summed E-state index contributed by atoms with van der Waals surface area (Å²) < 4.78 is 5.76. The smallest absolute Gasteiger partial charge is 0.270 e. The summed E-state index contributed by atoms with van der Waals surface area (Å²) in [5.41, 5.74) is 2.73. The van der Waals surface area contributed by atoms with Gasteiger partial charge in [-0.2, -0.15) is 0 Å². The third-order valence-corrected chi connectivity index (χ3v) is 4.63. The summed E-state index contributed by atoms with van der Waals surface area (Å²) in [5, 5.41) is 11.3. The van der Waals surface area contributed by atoms with Gasteiger partial charge in [0.15, 0.2) is 5.78 Å². The van der Waals surface area contributed by atoms with Gasteiger partial charge in [-0.05, 0) is 29.8 Å². The molecule has 4 rings (SSSR count). The first-order valence-corrected chi connectivity index (χ1v) is 8.28. The standard InChI is InChI=1S/C20H12ClNO4/c21-18-7-5-14(22(24)25)11-17(18)19-8-6-15(26-19)10-13-9-12-3-1-2-4-16(12)20(13)23/h1-8,10-11H,9H2. The fraction of sp³-hybridized carbons (Fsp3) is 0.0500. The van der Waals surface area contributed by atoms with E-state index in [1.807, 2.05) is 24.3 Å². The molecule has 0 bridgehead atoms. The number of fused-ring (bicyclic) bond motifs is 1. The number of furan rings is 1. The van der Waals surface area contributed by atoms with Gasteiger partial charge >= 0.3 is 0 Å². The van der Waals surface area contributed by atoms with Crippen molar-refractivity contribution in [2.24, 2.45) is 0 Å². The van der Waals surface area contributed by atoms with Crippen molar-refractivity contribution in [2.45, 2.75) is 6.42 Å². The van der Waals surface area contributed by atoms with Crippen molar-refractivity contribution in [3.05, 3.63) is 92.2 Å². The number of nitrogens with zero attached hydrogens (tertiary/aromatic N) is 1. The Hall–Kier alpha value is -3.18. The van der Waals surface area contributed by atoms with Crippen molar-refractivity contribution in [3.8, 4) is 11.3 Å². The minimum Gasteiger partial charge on any atom is -0.457 e. The van der Waals surface area contributed by atoms with E-state index in [-0.39, 0.29) is 11.5 Å². The van der Waals surface area contributed by atoms with Crippen molar-refractivity contribution < 1.29 is 14.1 Å². The van der Waals surface area contributed by atoms with E-state index in [2.05, 4.69) is 0 Å². The molecule has 3 aromatic rings. The molecule has 1 aliphatic carbocycles. The van der Waals surface area contributed by atoms with Crippen LogP contribution >= 0.6 is 11.6 Å². The molecular weight excluding hydrogens is 354 g/mol. The lowest BCUT2D eigenvalue weighted by atomic mass is 10.1. The second-order valence-corrected chi connectivity index (χ2v) is 6.36. The topological polar surface area (TPSA) is 73.3 Å². The zero-order valence-corrected chi connectivity index (χ0v) is 14.2. The Labute approximate surface area is 153 Å². The number of hydrogen-bond acceptors (Lipinski definition) is 4. The quantitative estimate of drug-likeness (QED) is 0.357. The molecule has 0 radical (unpaired) electrons. The zero-order valence-electron chi connectivity index (χ0n) is 13.4. The van der Waals surface area contributed by atoms with E-state index in [4.69, 9.17) is 16.0 Å². The maximum atomic E-state index is 12.4. The number of Topliss-reactive ketones (excluding diaryl/α,β-unsaturated/α-hetero) is 1. The maximum Gasteiger partial charge on any atom is 0.270 e. The van der Waals surface area contributed by atoms with Crippen LogP contribution in [-0.2, 0) is 6.42 Å². The van der Waals surface area contributed by atoms with Crippen LogP contribution in [0.4, 0.5) is 5.69 Å². The summed E-state index contributed by atoms with van der Waals surface area (Å²) in [6.45, 7) is 0. The number of rotatable bonds is 3. The largest absolute Gasteiger partial charge is 0.457 e. The summed E-state index contributed by atoms with van der Waals surface area (Å²) in [6.07, 6.45) is 2.26. The zero-order chi connectivity index (χ0) is 18.3. The second-order valence-electron chi connectivity index (χ2n) is 5.96. The molecular formula is C20H12ClNO4. The predicted octanol–water partition coefficient (Wildman–Crippen LogP) is 5.33. The molecule has 1 aromatic heterocycles. The number of carbonyl (C=O) groups excluding carboxylic acids is 1. The van der Waals surface area contributed by atoms with Crippen LogP contribution in [0.2, 0.25) is 5.02 Å². The average Bonchev–Trinajstić information content (AvgIpc) is 3.21. The van der Waals surface area contributed by atoms with Crippen molar-refractivity contribution in [1.29, 1.82) is 0 Å². The lowest BCUT2D eigenvalue weighted by Crippen LogP contribution is -1.94. The Balaban J connectivity index is 1.67. The van der Waals surface area contributed by atoms with Crippen LogP contribution in [0.5, 0.6) is 0 Å². The molecule has 1 heterocycles. The predicted molar refractivity (Wildman–Crippen MR) is 98.3 cm³/mol. The number of carbonyl (C=O) groups is 1. The SMILES string of the molecule is O=C1C(=Cc2ccc(-c3cc([N+](=O)[O-])ccc3Cl)o2)Cc2ccccc21. The van der Waals surface area contributed by atoms with Crippen LogP contribution in [0.3, 0.4) is 0 Å². The van der Waals surface area contributed by atoms with Crippen molar-refractivity contribution in [2.75, 3.05) is 0 Å². The van der Waals surface area contributed by atoms with Crippen molar-refractivity contribution in [3.63, 3.8) is 0 Å². The minimum atomic E-state index is -0.486. The normalized spacial score (nSPS) is 14.7. The van der Waals surface area contributed by atoms with Crippen LogP contribution in [-0.4, -0.2) is 10.7 Å². The number of ketones is 1. The molecule has 0 unspecified atom stereocenters. The van der Waals surface area contributed by atoms with Gasteiger partial charge < -0.3 is 4.42 Å². The highest BCUT2D eigenvalue weighted by Gasteiger charge is 2.24. The Kier molecular flexibility index (Phi) is 3.93. The van der Waals surface area contributed by atoms with Gasteiger partial charge in [-0.25, -0.2) is 0 Å². The lowest BCUT2D eigenvalue weighted by molar-refractivity contribution is -0.384. The molecule has 0 saturated carbocycles. The number of benzene rings is 2. The fourth-order valence-electron chi connectivity index (χ4n) is 3.03. The van der Waals surface area contributed by atoms with Gasteiger partial charge in [-0.1, -0.05) is 35.9 Å². The van der Waals surface area contributed by atoms with Crippen LogP contribution < -0.4 is 0 Å². The molecule has 0 saturated heterocycles. The number of halogens is 1. The summed E-state index contributed by atoms with van der Waals surface area (Å²) in [4.78, 5) is 22.9. The Morgan fingerprint density at radius 3 is 2.65 bits per heavy atom. The molecule has 0 fully saturated rings. The van der Waals surface area contributed by atoms with E-state index in [1.165, 1.54) is 18.2 Å². The maximum absolute atomic E-state index is 12.4. The molecule has 1 aliphatic rings. The molecule has 0 aliphatic heterocycles. The fourth-order valence-corrected chi connectivity index (χ4v) is 3.24. The van der Waals surface area contributed by atoms with E-state index >= 15 is 0 Å². The highest BCUT2D eigenvalue weighted by molar-refractivity contribution is 6.33. The summed E-state index contributed by atoms with van der Waals surface area (Å²) >= 11 is 6.15. The number of hydrogen-bond donors (Lipinski definition) is 0. The Bertz CT molecular complexity index is 1080. The third kappa shape index (κ3) is 2.82. The Morgan fingerprint density at radius 2 is 1.88 bits per heavy atom. The third-order valence-electron chi connectivity index (χ3n) is 4.30. The van der Waals surface area contributed by atoms with Gasteiger partial charge in [-0.3, -0.25) is 14.9 Å². The van der Waals surface area contributed by atoms with E-state index in [1.54, 1.807) is 18.2 Å².